The molecule has 3 aromatic carbocycles. The Morgan fingerprint density at radius 1 is 1.06 bits per heavy atom. The number of thioether (sulfide) groups is 1. The van der Waals surface area contributed by atoms with Crippen LogP contribution in [0.4, 0.5) is 4.39 Å². The van der Waals surface area contributed by atoms with Crippen molar-refractivity contribution in [1.82, 2.24) is 25.5 Å². The maximum Gasteiger partial charge on any atom is 0.214 e. The number of nitrogens with zero attached hydrogens (tertiary/aromatic N) is 4. The minimum Gasteiger partial charge on any atom is -0.493 e. The molecule has 4 aromatic rings. The standard InChI is InChI=1S/C25H25ClFN5O2S/c1-33-23-13-5-8-18(24(23)34-17-20-21(26)11-6-12-22(20)27)16-28-14-7-15-35-25-29-30-31-32(25)19-9-3-2-4-10-19/h2-6,8-13,28H,7,14-17H2,1H3. The van der Waals surface area contributed by atoms with Crippen LogP contribution in [0.15, 0.2) is 71.9 Å². The molecule has 0 fully saturated rings. The lowest BCUT2D eigenvalue weighted by atomic mass is 10.1. The first-order chi connectivity index (χ1) is 17.2. The van der Waals surface area contributed by atoms with Gasteiger partial charge in [0.2, 0.25) is 5.16 Å². The van der Waals surface area contributed by atoms with Crippen LogP contribution in [-0.4, -0.2) is 39.6 Å². The Labute approximate surface area is 212 Å². The van der Waals surface area contributed by atoms with Crippen LogP contribution >= 0.6 is 23.4 Å². The summed E-state index contributed by atoms with van der Waals surface area (Å²) in [5.41, 5.74) is 2.16. The summed E-state index contributed by atoms with van der Waals surface area (Å²) in [7, 11) is 1.58. The summed E-state index contributed by atoms with van der Waals surface area (Å²) < 4.78 is 27.3. The zero-order valence-corrected chi connectivity index (χ0v) is 20.7. The first-order valence-corrected chi connectivity index (χ1v) is 12.4. The molecule has 10 heteroatoms. The molecule has 0 amide bonds. The smallest absolute Gasteiger partial charge is 0.214 e. The number of ether oxygens (including phenoxy) is 2. The van der Waals surface area contributed by atoms with Gasteiger partial charge in [0.15, 0.2) is 11.5 Å². The summed E-state index contributed by atoms with van der Waals surface area (Å²) in [5, 5.41) is 16.5. The molecule has 0 atom stereocenters. The number of nitrogens with one attached hydrogen (secondary N) is 1. The van der Waals surface area contributed by atoms with Crippen molar-refractivity contribution >= 4 is 23.4 Å². The minimum atomic E-state index is -0.400. The zero-order chi connectivity index (χ0) is 24.5. The molecule has 1 N–H and O–H groups in total. The number of aromatic nitrogens is 4. The molecular formula is C25H25ClFN5O2S. The van der Waals surface area contributed by atoms with Crippen LogP contribution < -0.4 is 14.8 Å². The highest BCUT2D eigenvalue weighted by Gasteiger charge is 2.14. The molecule has 182 valence electrons. The second-order valence-electron chi connectivity index (χ2n) is 7.53. The lowest BCUT2D eigenvalue weighted by Gasteiger charge is -2.16. The number of methoxy groups -OCH3 is 1. The molecule has 35 heavy (non-hydrogen) atoms. The quantitative estimate of drug-likeness (QED) is 0.203. The number of rotatable bonds is 12. The Hall–Kier alpha value is -3.14. The van der Waals surface area contributed by atoms with E-state index >= 15 is 0 Å². The normalized spacial score (nSPS) is 10.9. The van der Waals surface area contributed by atoms with Crippen LogP contribution in [0.1, 0.15) is 17.5 Å². The van der Waals surface area contributed by atoms with Crippen molar-refractivity contribution in [2.45, 2.75) is 24.7 Å². The van der Waals surface area contributed by atoms with Gasteiger partial charge in [0.25, 0.3) is 0 Å². The highest BCUT2D eigenvalue weighted by molar-refractivity contribution is 7.99. The van der Waals surface area contributed by atoms with Gasteiger partial charge in [-0.05, 0) is 53.7 Å². The maximum atomic E-state index is 14.2. The molecule has 0 saturated carbocycles. The number of halogens is 2. The summed E-state index contributed by atoms with van der Waals surface area (Å²) in [4.78, 5) is 0. The average Bonchev–Trinajstić information content (AvgIpc) is 3.35. The van der Waals surface area contributed by atoms with Crippen LogP contribution in [0.2, 0.25) is 5.02 Å². The van der Waals surface area contributed by atoms with Crippen LogP contribution in [0, 0.1) is 5.82 Å². The lowest BCUT2D eigenvalue weighted by Crippen LogP contribution is -2.16. The lowest BCUT2D eigenvalue weighted by molar-refractivity contribution is 0.276. The van der Waals surface area contributed by atoms with Gasteiger partial charge in [-0.1, -0.05) is 59.8 Å². The van der Waals surface area contributed by atoms with E-state index in [-0.39, 0.29) is 6.61 Å². The highest BCUT2D eigenvalue weighted by Crippen LogP contribution is 2.33. The molecule has 1 heterocycles. The van der Waals surface area contributed by atoms with Gasteiger partial charge in [0, 0.05) is 23.4 Å². The fourth-order valence-electron chi connectivity index (χ4n) is 3.42. The van der Waals surface area contributed by atoms with Gasteiger partial charge in [-0.3, -0.25) is 0 Å². The Morgan fingerprint density at radius 3 is 2.69 bits per heavy atom. The van der Waals surface area contributed by atoms with Gasteiger partial charge in [0.1, 0.15) is 12.4 Å². The van der Waals surface area contributed by atoms with E-state index in [9.17, 15) is 4.39 Å². The highest BCUT2D eigenvalue weighted by atomic mass is 35.5. The van der Waals surface area contributed by atoms with Gasteiger partial charge in [-0.2, -0.15) is 4.68 Å². The Kier molecular flexibility index (Phi) is 8.94. The second kappa shape index (κ2) is 12.5. The molecule has 0 aliphatic heterocycles. The van der Waals surface area contributed by atoms with Crippen LogP contribution in [0.25, 0.3) is 5.69 Å². The van der Waals surface area contributed by atoms with Gasteiger partial charge < -0.3 is 14.8 Å². The van der Waals surface area contributed by atoms with Crippen molar-refractivity contribution in [2.24, 2.45) is 0 Å². The molecule has 0 radical (unpaired) electrons. The van der Waals surface area contributed by atoms with Gasteiger partial charge in [0.05, 0.1) is 17.8 Å². The van der Waals surface area contributed by atoms with E-state index in [1.165, 1.54) is 6.07 Å². The second-order valence-corrected chi connectivity index (χ2v) is 8.99. The molecule has 0 saturated heterocycles. The number of tetrazole rings is 1. The molecule has 0 unspecified atom stereocenters. The fourth-order valence-corrected chi connectivity index (χ4v) is 4.47. The monoisotopic (exact) mass is 513 g/mol. The number of para-hydroxylation sites is 2. The van der Waals surface area contributed by atoms with E-state index in [1.54, 1.807) is 35.7 Å². The van der Waals surface area contributed by atoms with Crippen molar-refractivity contribution in [2.75, 3.05) is 19.4 Å². The third kappa shape index (κ3) is 6.50. The summed E-state index contributed by atoms with van der Waals surface area (Å²) in [6.07, 6.45) is 0.914. The number of hydrogen-bond donors (Lipinski definition) is 1. The third-order valence-electron chi connectivity index (χ3n) is 5.19. The minimum absolute atomic E-state index is 0.00561. The van der Waals surface area contributed by atoms with Gasteiger partial charge in [-0.25, -0.2) is 4.39 Å². The fraction of sp³-hybridized carbons (Fsp3) is 0.240. The van der Waals surface area contributed by atoms with Gasteiger partial charge >= 0.3 is 0 Å². The topological polar surface area (TPSA) is 74.1 Å². The Bertz CT molecular complexity index is 1220. The van der Waals surface area contributed by atoms with Crippen molar-refractivity contribution in [3.05, 3.63) is 88.7 Å². The number of benzene rings is 3. The largest absolute Gasteiger partial charge is 0.493 e. The average molecular weight is 514 g/mol. The Morgan fingerprint density at radius 2 is 1.89 bits per heavy atom. The Balaban J connectivity index is 1.29. The first-order valence-electron chi connectivity index (χ1n) is 11.1. The molecule has 1 aromatic heterocycles. The van der Waals surface area contributed by atoms with E-state index < -0.39 is 5.82 Å². The molecule has 0 spiro atoms. The molecule has 0 aliphatic rings. The summed E-state index contributed by atoms with van der Waals surface area (Å²) in [5.74, 6) is 1.61. The third-order valence-corrected chi connectivity index (χ3v) is 6.55. The van der Waals surface area contributed by atoms with Crippen molar-refractivity contribution in [3.63, 3.8) is 0 Å². The van der Waals surface area contributed by atoms with E-state index in [0.29, 0.717) is 28.6 Å². The molecular weight excluding hydrogens is 489 g/mol. The summed E-state index contributed by atoms with van der Waals surface area (Å²) in [6.45, 7) is 1.37. The van der Waals surface area contributed by atoms with Crippen LogP contribution in [0.3, 0.4) is 0 Å². The predicted molar refractivity (Wildman–Crippen MR) is 135 cm³/mol. The molecule has 7 nitrogen and oxygen atoms in total. The van der Waals surface area contributed by atoms with Crippen molar-refractivity contribution in [3.8, 4) is 17.2 Å². The summed E-state index contributed by atoms with van der Waals surface area (Å²) >= 11 is 7.75. The number of hydrogen-bond acceptors (Lipinski definition) is 7. The molecule has 4 rings (SSSR count). The zero-order valence-electron chi connectivity index (χ0n) is 19.2. The molecule has 0 bridgehead atoms. The van der Waals surface area contributed by atoms with Crippen molar-refractivity contribution in [1.29, 1.82) is 0 Å². The first kappa shape index (κ1) is 25.0. The molecule has 0 aliphatic carbocycles. The van der Waals surface area contributed by atoms with E-state index in [4.69, 9.17) is 21.1 Å². The maximum absolute atomic E-state index is 14.2. The van der Waals surface area contributed by atoms with Crippen LogP contribution in [-0.2, 0) is 13.2 Å². The van der Waals surface area contributed by atoms with Gasteiger partial charge in [-0.15, -0.1) is 5.10 Å². The van der Waals surface area contributed by atoms with E-state index in [1.807, 2.05) is 48.5 Å². The van der Waals surface area contributed by atoms with E-state index in [0.717, 1.165) is 35.1 Å². The predicted octanol–water partition coefficient (Wildman–Crippen LogP) is 5.31. The van der Waals surface area contributed by atoms with Crippen LogP contribution in [0.5, 0.6) is 11.5 Å². The summed E-state index contributed by atoms with van der Waals surface area (Å²) in [6, 6.07) is 20.1. The van der Waals surface area contributed by atoms with Crippen molar-refractivity contribution < 1.29 is 13.9 Å². The SMILES string of the molecule is COc1cccc(CNCCCSc2nnnn2-c2ccccc2)c1OCc1c(F)cccc1Cl. The van der Waals surface area contributed by atoms with E-state index in [2.05, 4.69) is 20.8 Å².